The second kappa shape index (κ2) is 6.32. The molecule has 5 nitrogen and oxygen atoms in total. The van der Waals surface area contributed by atoms with E-state index in [4.69, 9.17) is 4.74 Å². The molecule has 0 aliphatic carbocycles. The number of hydrogen-bond donors (Lipinski definition) is 1. The minimum Gasteiger partial charge on any atom is -0.486 e. The first-order valence-electron chi connectivity index (χ1n) is 7.61. The highest BCUT2D eigenvalue weighted by Gasteiger charge is 2.34. The van der Waals surface area contributed by atoms with Crippen molar-refractivity contribution in [2.45, 2.75) is 32.0 Å². The van der Waals surface area contributed by atoms with E-state index in [0.717, 1.165) is 17.4 Å². The predicted octanol–water partition coefficient (Wildman–Crippen LogP) is 2.23. The Labute approximate surface area is 130 Å². The molecule has 3 rings (SSSR count). The van der Waals surface area contributed by atoms with Crippen LogP contribution in [0.5, 0.6) is 5.75 Å². The van der Waals surface area contributed by atoms with Crippen molar-refractivity contribution in [3.8, 4) is 5.75 Å². The zero-order valence-corrected chi connectivity index (χ0v) is 12.9. The van der Waals surface area contributed by atoms with Crippen LogP contribution in [0, 0.1) is 0 Å². The summed E-state index contributed by atoms with van der Waals surface area (Å²) in [5.74, 6) is 2.72. The molecule has 1 aromatic carbocycles. The number of ether oxygens (including phenoxy) is 1. The van der Waals surface area contributed by atoms with E-state index in [9.17, 15) is 5.11 Å². The Hall–Kier alpha value is -2.14. The molecule has 0 amide bonds. The maximum Gasteiger partial charge on any atom is 0.144 e. The molecule has 0 saturated carbocycles. The Bertz CT molecular complexity index is 618. The second-order valence-corrected chi connectivity index (χ2v) is 5.87. The van der Waals surface area contributed by atoms with Crippen molar-refractivity contribution in [1.29, 1.82) is 0 Å². The molecule has 1 fully saturated rings. The fraction of sp³-hybridized carbons (Fsp3) is 0.412. The number of aromatic nitrogens is 2. The summed E-state index contributed by atoms with van der Waals surface area (Å²) in [6.45, 7) is 5.27. The van der Waals surface area contributed by atoms with Crippen molar-refractivity contribution in [3.63, 3.8) is 0 Å². The van der Waals surface area contributed by atoms with E-state index in [1.807, 2.05) is 41.3 Å². The molecule has 0 bridgehead atoms. The van der Waals surface area contributed by atoms with Gasteiger partial charge in [-0.1, -0.05) is 32.0 Å². The lowest BCUT2D eigenvalue weighted by molar-refractivity contribution is 0.0738. The van der Waals surface area contributed by atoms with E-state index in [0.29, 0.717) is 13.1 Å². The zero-order valence-electron chi connectivity index (χ0n) is 12.9. The summed E-state index contributed by atoms with van der Waals surface area (Å²) in [7, 11) is 0. The topological polar surface area (TPSA) is 58.5 Å². The number of β-amino-alcohol motifs (C(OH)–C–C–N with tert-alkyl or cyclic N) is 1. The summed E-state index contributed by atoms with van der Waals surface area (Å²) in [6, 6.07) is 11.5. The molecule has 22 heavy (non-hydrogen) atoms. The molecule has 2 aromatic rings. The fourth-order valence-corrected chi connectivity index (χ4v) is 2.55. The summed E-state index contributed by atoms with van der Waals surface area (Å²) in [4.78, 5) is 10.9. The van der Waals surface area contributed by atoms with Gasteiger partial charge in [0.05, 0.1) is 6.54 Å². The Kier molecular flexibility index (Phi) is 4.24. The lowest BCUT2D eigenvalue weighted by atomic mass is 10.2. The third-order valence-electron chi connectivity index (χ3n) is 3.77. The Morgan fingerprint density at radius 3 is 2.68 bits per heavy atom. The third kappa shape index (κ3) is 3.20. The summed E-state index contributed by atoms with van der Waals surface area (Å²) in [5.41, 5.74) is 0. The maximum absolute atomic E-state index is 10.3. The molecule has 0 spiro atoms. The van der Waals surface area contributed by atoms with Gasteiger partial charge in [0.15, 0.2) is 0 Å². The highest BCUT2D eigenvalue weighted by atomic mass is 16.5. The lowest BCUT2D eigenvalue weighted by Crippen LogP contribution is -2.29. The molecule has 2 heterocycles. The van der Waals surface area contributed by atoms with Crippen LogP contribution in [-0.4, -0.2) is 40.4 Å². The molecule has 0 unspecified atom stereocenters. The summed E-state index contributed by atoms with van der Waals surface area (Å²) >= 11 is 0. The summed E-state index contributed by atoms with van der Waals surface area (Å²) < 4.78 is 5.88. The number of aliphatic hydroxyl groups excluding tert-OH is 1. The quantitative estimate of drug-likeness (QED) is 0.938. The lowest BCUT2D eigenvalue weighted by Gasteiger charge is -2.18. The van der Waals surface area contributed by atoms with Crippen LogP contribution >= 0.6 is 0 Å². The van der Waals surface area contributed by atoms with Gasteiger partial charge in [-0.3, -0.25) is 0 Å². The van der Waals surface area contributed by atoms with Crippen molar-refractivity contribution in [3.05, 3.63) is 48.4 Å². The molecular formula is C17H21N3O2. The molecule has 1 aliphatic rings. The van der Waals surface area contributed by atoms with E-state index in [1.165, 1.54) is 0 Å². The van der Waals surface area contributed by atoms with Crippen LogP contribution in [0.3, 0.4) is 0 Å². The van der Waals surface area contributed by atoms with Gasteiger partial charge in [-0.15, -0.1) is 0 Å². The van der Waals surface area contributed by atoms with E-state index in [-0.39, 0.29) is 12.0 Å². The molecule has 0 radical (unpaired) electrons. The molecule has 1 N–H and O–H groups in total. The van der Waals surface area contributed by atoms with Crippen molar-refractivity contribution >= 4 is 5.82 Å². The summed E-state index contributed by atoms with van der Waals surface area (Å²) in [5, 5.41) is 10.3. The van der Waals surface area contributed by atoms with Crippen LogP contribution in [0.2, 0.25) is 0 Å². The number of benzene rings is 1. The number of nitrogens with zero attached hydrogens (tertiary/aromatic N) is 3. The number of para-hydroxylation sites is 1. The van der Waals surface area contributed by atoms with Crippen LogP contribution in [0.25, 0.3) is 0 Å². The SMILES string of the molecule is CC(C)c1nccc(N2C[C@@H](O)[C@H](Oc3ccccc3)C2)n1. The Morgan fingerprint density at radius 1 is 1.18 bits per heavy atom. The molecule has 5 heteroatoms. The van der Waals surface area contributed by atoms with E-state index < -0.39 is 6.10 Å². The van der Waals surface area contributed by atoms with Gasteiger partial charge in [-0.25, -0.2) is 9.97 Å². The minimum absolute atomic E-state index is 0.250. The Balaban J connectivity index is 1.71. The first-order valence-corrected chi connectivity index (χ1v) is 7.61. The van der Waals surface area contributed by atoms with Crippen LogP contribution in [0.4, 0.5) is 5.82 Å². The van der Waals surface area contributed by atoms with Crippen LogP contribution in [0.15, 0.2) is 42.6 Å². The van der Waals surface area contributed by atoms with Gasteiger partial charge in [0.1, 0.15) is 29.6 Å². The first kappa shape index (κ1) is 14.8. The smallest absolute Gasteiger partial charge is 0.144 e. The van der Waals surface area contributed by atoms with Crippen molar-refractivity contribution < 1.29 is 9.84 Å². The van der Waals surface area contributed by atoms with Gasteiger partial charge in [0.2, 0.25) is 0 Å². The van der Waals surface area contributed by atoms with Crippen molar-refractivity contribution in [2.75, 3.05) is 18.0 Å². The maximum atomic E-state index is 10.3. The normalized spacial score (nSPS) is 21.4. The minimum atomic E-state index is -0.530. The fourth-order valence-electron chi connectivity index (χ4n) is 2.55. The van der Waals surface area contributed by atoms with Crippen LogP contribution in [0.1, 0.15) is 25.6 Å². The van der Waals surface area contributed by atoms with Gasteiger partial charge in [0.25, 0.3) is 0 Å². The van der Waals surface area contributed by atoms with Gasteiger partial charge < -0.3 is 14.7 Å². The highest BCUT2D eigenvalue weighted by molar-refractivity contribution is 5.40. The molecule has 1 saturated heterocycles. The van der Waals surface area contributed by atoms with Crippen LogP contribution in [-0.2, 0) is 0 Å². The molecular weight excluding hydrogens is 278 g/mol. The monoisotopic (exact) mass is 299 g/mol. The largest absolute Gasteiger partial charge is 0.486 e. The highest BCUT2D eigenvalue weighted by Crippen LogP contribution is 2.23. The van der Waals surface area contributed by atoms with E-state index >= 15 is 0 Å². The van der Waals surface area contributed by atoms with Gasteiger partial charge in [-0.05, 0) is 18.2 Å². The van der Waals surface area contributed by atoms with Crippen molar-refractivity contribution in [1.82, 2.24) is 9.97 Å². The van der Waals surface area contributed by atoms with Gasteiger partial charge in [-0.2, -0.15) is 0 Å². The van der Waals surface area contributed by atoms with Crippen LogP contribution < -0.4 is 9.64 Å². The number of rotatable bonds is 4. The molecule has 2 atom stereocenters. The third-order valence-corrected chi connectivity index (χ3v) is 3.77. The van der Waals surface area contributed by atoms with Gasteiger partial charge in [0, 0.05) is 18.7 Å². The zero-order chi connectivity index (χ0) is 15.5. The standard InChI is InChI=1S/C17H21N3O2/c1-12(2)17-18-9-8-16(19-17)20-10-14(21)15(11-20)22-13-6-4-3-5-7-13/h3-9,12,14-15,21H,10-11H2,1-2H3/t14-,15-/m1/s1. The predicted molar refractivity (Wildman–Crippen MR) is 85.2 cm³/mol. The Morgan fingerprint density at radius 2 is 1.95 bits per heavy atom. The summed E-state index contributed by atoms with van der Waals surface area (Å²) in [6.07, 6.45) is 0.993. The van der Waals surface area contributed by atoms with Gasteiger partial charge >= 0.3 is 0 Å². The average Bonchev–Trinajstić information content (AvgIpc) is 2.89. The molecule has 116 valence electrons. The first-order chi connectivity index (χ1) is 10.6. The molecule has 1 aromatic heterocycles. The second-order valence-electron chi connectivity index (χ2n) is 5.87. The average molecular weight is 299 g/mol. The number of anilines is 1. The van der Waals surface area contributed by atoms with E-state index in [2.05, 4.69) is 23.8 Å². The number of aliphatic hydroxyl groups is 1. The number of hydrogen-bond acceptors (Lipinski definition) is 5. The van der Waals surface area contributed by atoms with E-state index in [1.54, 1.807) is 6.20 Å². The van der Waals surface area contributed by atoms with Crippen molar-refractivity contribution in [2.24, 2.45) is 0 Å². The molecule has 1 aliphatic heterocycles.